The standard InChI is InChI=1S/C45H46O8/c1-27(46)23-50-39-21-31-13-5-7-15-33(31)43(52-25-29(3)48)41(39)45(37-19-11-9-17-35(37)36-18-10-12-20-38(36)45)42-40(51-24-28(2)47)22-32-14-6-8-16-34(32)44(42)53-26-30(4)49/h5-22,27-30,46-49H,23-26H2,1-4H3. The lowest BCUT2D eigenvalue weighted by Crippen LogP contribution is -2.33. The van der Waals surface area contributed by atoms with Gasteiger partial charge in [-0.2, -0.15) is 0 Å². The van der Waals surface area contributed by atoms with Gasteiger partial charge in [0, 0.05) is 10.8 Å². The first-order valence-corrected chi connectivity index (χ1v) is 18.2. The molecule has 8 nitrogen and oxygen atoms in total. The molecule has 0 saturated carbocycles. The Morgan fingerprint density at radius 3 is 1.19 bits per heavy atom. The summed E-state index contributed by atoms with van der Waals surface area (Å²) in [6.45, 7) is 6.68. The van der Waals surface area contributed by atoms with Crippen LogP contribution in [0, 0.1) is 0 Å². The Morgan fingerprint density at radius 2 is 0.792 bits per heavy atom. The minimum Gasteiger partial charge on any atom is -0.490 e. The van der Waals surface area contributed by atoms with E-state index in [4.69, 9.17) is 18.9 Å². The van der Waals surface area contributed by atoms with Gasteiger partial charge in [0.05, 0.1) is 41.0 Å². The molecule has 0 saturated heterocycles. The van der Waals surface area contributed by atoms with Crippen molar-refractivity contribution in [1.29, 1.82) is 0 Å². The molecule has 0 radical (unpaired) electrons. The molecule has 0 aromatic heterocycles. The summed E-state index contributed by atoms with van der Waals surface area (Å²) in [5.74, 6) is 1.92. The van der Waals surface area contributed by atoms with Crippen molar-refractivity contribution < 1.29 is 39.4 Å². The predicted octanol–water partition coefficient (Wildman–Crippen LogP) is 7.39. The van der Waals surface area contributed by atoms with Gasteiger partial charge in [0.1, 0.15) is 49.4 Å². The lowest BCUT2D eigenvalue weighted by molar-refractivity contribution is 0.115. The number of aliphatic hydroxyl groups excluding tert-OH is 4. The van der Waals surface area contributed by atoms with E-state index in [1.807, 2.05) is 84.9 Å². The summed E-state index contributed by atoms with van der Waals surface area (Å²) in [7, 11) is 0. The molecule has 4 atom stereocenters. The second kappa shape index (κ2) is 15.1. The predicted molar refractivity (Wildman–Crippen MR) is 207 cm³/mol. The van der Waals surface area contributed by atoms with Crippen LogP contribution in [-0.4, -0.2) is 71.3 Å². The van der Waals surface area contributed by atoms with E-state index >= 15 is 0 Å². The minimum absolute atomic E-state index is 0.00492. The Hall–Kier alpha value is -5.12. The fraction of sp³-hybridized carbons (Fsp3) is 0.289. The van der Waals surface area contributed by atoms with Crippen LogP contribution < -0.4 is 18.9 Å². The second-order valence-electron chi connectivity index (χ2n) is 14.1. The number of fused-ring (bicyclic) bond motifs is 5. The number of benzene rings is 6. The first-order valence-electron chi connectivity index (χ1n) is 18.2. The monoisotopic (exact) mass is 714 g/mol. The van der Waals surface area contributed by atoms with Crippen LogP contribution in [0.25, 0.3) is 32.7 Å². The molecule has 4 N–H and O–H groups in total. The summed E-state index contributed by atoms with van der Waals surface area (Å²) in [6, 6.07) is 36.1. The third-order valence-corrected chi connectivity index (χ3v) is 9.53. The molecule has 8 heteroatoms. The zero-order valence-corrected chi connectivity index (χ0v) is 30.5. The van der Waals surface area contributed by atoms with Gasteiger partial charge in [-0.3, -0.25) is 0 Å². The van der Waals surface area contributed by atoms with Crippen molar-refractivity contribution in [3.05, 3.63) is 131 Å². The fourth-order valence-electron chi connectivity index (χ4n) is 7.54. The molecule has 1 aliphatic rings. The Bertz CT molecular complexity index is 2080. The lowest BCUT2D eigenvalue weighted by Gasteiger charge is -2.39. The SMILES string of the molecule is CC(O)COc1cc2ccccc2c(OCC(C)O)c1C1(c2c(OCC(C)O)cc3ccccc3c2OCC(C)O)c2ccccc2-c2ccccc21. The van der Waals surface area contributed by atoms with E-state index in [0.717, 1.165) is 43.8 Å². The zero-order valence-electron chi connectivity index (χ0n) is 30.5. The van der Waals surface area contributed by atoms with Crippen LogP contribution in [0.2, 0.25) is 0 Å². The van der Waals surface area contributed by atoms with Gasteiger partial charge in [0.25, 0.3) is 0 Å². The highest BCUT2D eigenvalue weighted by Crippen LogP contribution is 2.64. The van der Waals surface area contributed by atoms with E-state index in [9.17, 15) is 20.4 Å². The lowest BCUT2D eigenvalue weighted by atomic mass is 9.65. The van der Waals surface area contributed by atoms with Crippen LogP contribution in [-0.2, 0) is 5.41 Å². The maximum atomic E-state index is 10.7. The molecule has 0 aliphatic heterocycles. The van der Waals surface area contributed by atoms with E-state index in [1.165, 1.54) is 0 Å². The van der Waals surface area contributed by atoms with Crippen LogP contribution in [0.5, 0.6) is 23.0 Å². The normalized spacial score (nSPS) is 15.3. The third-order valence-electron chi connectivity index (χ3n) is 9.53. The second-order valence-corrected chi connectivity index (χ2v) is 14.1. The summed E-state index contributed by atoms with van der Waals surface area (Å²) >= 11 is 0. The smallest absolute Gasteiger partial charge is 0.135 e. The van der Waals surface area contributed by atoms with E-state index in [0.29, 0.717) is 34.1 Å². The highest BCUT2D eigenvalue weighted by molar-refractivity contribution is 5.99. The Morgan fingerprint density at radius 1 is 0.453 bits per heavy atom. The molecular weight excluding hydrogens is 668 g/mol. The molecule has 0 amide bonds. The molecule has 0 fully saturated rings. The number of hydrogen-bond acceptors (Lipinski definition) is 8. The molecule has 4 unspecified atom stereocenters. The van der Waals surface area contributed by atoms with Gasteiger partial charge in [0.15, 0.2) is 0 Å². The molecule has 53 heavy (non-hydrogen) atoms. The molecule has 0 spiro atoms. The first kappa shape index (κ1) is 36.2. The maximum absolute atomic E-state index is 10.7. The Labute approximate surface area is 309 Å². The van der Waals surface area contributed by atoms with Crippen molar-refractivity contribution in [1.82, 2.24) is 0 Å². The molecular formula is C45H46O8. The third kappa shape index (κ3) is 6.68. The van der Waals surface area contributed by atoms with Gasteiger partial charge in [-0.15, -0.1) is 0 Å². The zero-order chi connectivity index (χ0) is 37.3. The average molecular weight is 715 g/mol. The number of ether oxygens (including phenoxy) is 4. The van der Waals surface area contributed by atoms with Crippen molar-refractivity contribution in [2.75, 3.05) is 26.4 Å². The number of hydrogen-bond donors (Lipinski definition) is 4. The largest absolute Gasteiger partial charge is 0.490 e. The van der Waals surface area contributed by atoms with E-state index in [-0.39, 0.29) is 26.4 Å². The highest BCUT2D eigenvalue weighted by atomic mass is 16.5. The van der Waals surface area contributed by atoms with Crippen molar-refractivity contribution in [2.24, 2.45) is 0 Å². The summed E-state index contributed by atoms with van der Waals surface area (Å²) in [5, 5.41) is 45.8. The quantitative estimate of drug-likeness (QED) is 0.0922. The van der Waals surface area contributed by atoms with Crippen molar-refractivity contribution >= 4 is 21.5 Å². The maximum Gasteiger partial charge on any atom is 0.135 e. The molecule has 7 rings (SSSR count). The minimum atomic E-state index is -1.27. The Kier molecular flexibility index (Phi) is 10.3. The molecule has 0 heterocycles. The molecule has 1 aliphatic carbocycles. The van der Waals surface area contributed by atoms with Crippen molar-refractivity contribution in [3.8, 4) is 34.1 Å². The van der Waals surface area contributed by atoms with Crippen LogP contribution in [0.15, 0.2) is 109 Å². The molecule has 0 bridgehead atoms. The van der Waals surface area contributed by atoms with Crippen molar-refractivity contribution in [3.63, 3.8) is 0 Å². The van der Waals surface area contributed by atoms with Crippen LogP contribution in [0.4, 0.5) is 0 Å². The molecule has 6 aromatic rings. The number of aliphatic hydroxyl groups is 4. The summed E-state index contributed by atoms with van der Waals surface area (Å²) in [6.07, 6.45) is -3.16. The summed E-state index contributed by atoms with van der Waals surface area (Å²) < 4.78 is 26.8. The topological polar surface area (TPSA) is 118 Å². The highest BCUT2D eigenvalue weighted by Gasteiger charge is 2.53. The van der Waals surface area contributed by atoms with Gasteiger partial charge >= 0.3 is 0 Å². The van der Waals surface area contributed by atoms with Gasteiger partial charge in [-0.25, -0.2) is 0 Å². The first-order chi connectivity index (χ1) is 25.6. The Balaban J connectivity index is 1.75. The molecule has 274 valence electrons. The van der Waals surface area contributed by atoms with Crippen LogP contribution >= 0.6 is 0 Å². The van der Waals surface area contributed by atoms with Gasteiger partial charge in [-0.1, -0.05) is 97.1 Å². The van der Waals surface area contributed by atoms with E-state index in [2.05, 4.69) is 24.3 Å². The summed E-state index contributed by atoms with van der Waals surface area (Å²) in [5.41, 5.74) is 3.76. The van der Waals surface area contributed by atoms with Crippen LogP contribution in [0.1, 0.15) is 49.9 Å². The molecule has 6 aromatic carbocycles. The number of rotatable bonds is 14. The van der Waals surface area contributed by atoms with E-state index < -0.39 is 29.8 Å². The van der Waals surface area contributed by atoms with Gasteiger partial charge in [-0.05, 0) is 72.9 Å². The summed E-state index contributed by atoms with van der Waals surface area (Å²) in [4.78, 5) is 0. The average Bonchev–Trinajstić information content (AvgIpc) is 3.44. The van der Waals surface area contributed by atoms with Gasteiger partial charge in [0.2, 0.25) is 0 Å². The van der Waals surface area contributed by atoms with Gasteiger partial charge < -0.3 is 39.4 Å². The van der Waals surface area contributed by atoms with Crippen LogP contribution in [0.3, 0.4) is 0 Å². The van der Waals surface area contributed by atoms with Crippen molar-refractivity contribution in [2.45, 2.75) is 57.5 Å². The van der Waals surface area contributed by atoms with E-state index in [1.54, 1.807) is 27.7 Å². The fourth-order valence-corrected chi connectivity index (χ4v) is 7.54.